The fourth-order valence-corrected chi connectivity index (χ4v) is 4.45. The molecule has 2 aromatic carbocycles. The van der Waals surface area contributed by atoms with Gasteiger partial charge in [-0.25, -0.2) is 9.78 Å². The Morgan fingerprint density at radius 2 is 1.77 bits per heavy atom. The number of aliphatic carboxylic acids is 2. The van der Waals surface area contributed by atoms with Crippen LogP contribution in [0.1, 0.15) is 34.4 Å². The summed E-state index contributed by atoms with van der Waals surface area (Å²) in [6, 6.07) is 17.2. The molecule has 4 rings (SSSR count). The molecule has 0 bridgehead atoms. The predicted molar refractivity (Wildman–Crippen MR) is 136 cm³/mol. The van der Waals surface area contributed by atoms with Gasteiger partial charge in [-0.1, -0.05) is 42.0 Å². The summed E-state index contributed by atoms with van der Waals surface area (Å²) in [6.07, 6.45) is -1.06. The van der Waals surface area contributed by atoms with Crippen molar-refractivity contribution in [2.45, 2.75) is 39.0 Å². The Morgan fingerprint density at radius 3 is 2.33 bits per heavy atom. The first-order valence-corrected chi connectivity index (χ1v) is 12.2. The van der Waals surface area contributed by atoms with E-state index in [2.05, 4.69) is 11.1 Å². The lowest BCUT2D eigenvalue weighted by atomic mass is 9.72. The van der Waals surface area contributed by atoms with Crippen LogP contribution in [0.2, 0.25) is 0 Å². The number of Topliss-reactive ketones (excluding diaryl/α,β-unsaturated/α-hetero) is 1. The topological polar surface area (TPSA) is 137 Å². The van der Waals surface area contributed by atoms with Crippen molar-refractivity contribution in [2.24, 2.45) is 5.41 Å². The first-order valence-electron chi connectivity index (χ1n) is 12.2. The summed E-state index contributed by atoms with van der Waals surface area (Å²) in [4.78, 5) is 40.5. The summed E-state index contributed by atoms with van der Waals surface area (Å²) in [6.45, 7) is 3.70. The summed E-state index contributed by atoms with van der Waals surface area (Å²) >= 11 is 0. The van der Waals surface area contributed by atoms with Gasteiger partial charge in [-0.15, -0.1) is 0 Å². The SMILES string of the molecule is Cc1cccc(CC2(C(=O)O)CCN(Cc3cncn3Cc3ccc(C#N)cc3)CC2=O)c1.O=C(O)C(F)(F)F. The highest BCUT2D eigenvalue weighted by atomic mass is 19.4. The second kappa shape index (κ2) is 12.6. The van der Waals surface area contributed by atoms with Crippen molar-refractivity contribution in [2.75, 3.05) is 13.1 Å². The Kier molecular flexibility index (Phi) is 9.44. The van der Waals surface area contributed by atoms with E-state index in [1.54, 1.807) is 24.7 Å². The lowest BCUT2D eigenvalue weighted by molar-refractivity contribution is -0.192. The zero-order chi connectivity index (χ0) is 29.5. The van der Waals surface area contributed by atoms with Gasteiger partial charge < -0.3 is 14.8 Å². The van der Waals surface area contributed by atoms with E-state index in [1.165, 1.54) is 0 Å². The number of hydrogen-bond donors (Lipinski definition) is 2. The number of hydrogen-bond acceptors (Lipinski definition) is 6. The zero-order valence-electron chi connectivity index (χ0n) is 21.6. The van der Waals surface area contributed by atoms with E-state index >= 15 is 0 Å². The molecule has 1 aliphatic rings. The first-order chi connectivity index (χ1) is 18.8. The average molecular weight is 557 g/mol. The summed E-state index contributed by atoms with van der Waals surface area (Å²) < 4.78 is 33.7. The molecule has 1 aromatic heterocycles. The lowest BCUT2D eigenvalue weighted by Gasteiger charge is -2.37. The number of nitriles is 1. The fraction of sp³-hybridized carbons (Fsp3) is 0.321. The molecule has 1 atom stereocenters. The number of halogens is 3. The van der Waals surface area contributed by atoms with Gasteiger partial charge in [0.25, 0.3) is 0 Å². The molecule has 210 valence electrons. The summed E-state index contributed by atoms with van der Waals surface area (Å²) in [7, 11) is 0. The van der Waals surface area contributed by atoms with Gasteiger partial charge in [-0.3, -0.25) is 14.5 Å². The molecular weight excluding hydrogens is 529 g/mol. The van der Waals surface area contributed by atoms with E-state index in [4.69, 9.17) is 15.2 Å². The number of carboxylic acid groups (broad SMARTS) is 2. The highest BCUT2D eigenvalue weighted by Gasteiger charge is 2.48. The highest BCUT2D eigenvalue weighted by molar-refractivity contribution is 6.04. The molecule has 40 heavy (non-hydrogen) atoms. The molecule has 1 fully saturated rings. The molecule has 1 aliphatic heterocycles. The molecule has 2 heterocycles. The normalized spacial score (nSPS) is 17.4. The van der Waals surface area contributed by atoms with Crippen molar-refractivity contribution in [1.29, 1.82) is 5.26 Å². The third kappa shape index (κ3) is 7.54. The van der Waals surface area contributed by atoms with Gasteiger partial charge >= 0.3 is 18.1 Å². The van der Waals surface area contributed by atoms with E-state index in [0.29, 0.717) is 25.2 Å². The zero-order valence-corrected chi connectivity index (χ0v) is 21.6. The van der Waals surface area contributed by atoms with Crippen molar-refractivity contribution in [1.82, 2.24) is 14.5 Å². The maximum absolute atomic E-state index is 13.2. The molecule has 0 saturated carbocycles. The Morgan fingerprint density at radius 1 is 1.10 bits per heavy atom. The number of benzene rings is 2. The van der Waals surface area contributed by atoms with Crippen LogP contribution in [0.5, 0.6) is 0 Å². The number of aromatic nitrogens is 2. The number of rotatable bonds is 7. The third-order valence-electron chi connectivity index (χ3n) is 6.62. The highest BCUT2D eigenvalue weighted by Crippen LogP contribution is 2.34. The summed E-state index contributed by atoms with van der Waals surface area (Å²) in [5, 5.41) is 26.1. The summed E-state index contributed by atoms with van der Waals surface area (Å²) in [5.41, 5.74) is 3.16. The number of carboxylic acids is 2. The van der Waals surface area contributed by atoms with Gasteiger partial charge in [0.1, 0.15) is 5.41 Å². The molecule has 0 aliphatic carbocycles. The van der Waals surface area contributed by atoms with Gasteiger partial charge in [0.15, 0.2) is 5.78 Å². The van der Waals surface area contributed by atoms with Gasteiger partial charge in [0.2, 0.25) is 0 Å². The van der Waals surface area contributed by atoms with Crippen molar-refractivity contribution < 1.29 is 37.8 Å². The molecule has 9 nitrogen and oxygen atoms in total. The molecule has 1 saturated heterocycles. The van der Waals surface area contributed by atoms with Crippen molar-refractivity contribution >= 4 is 17.7 Å². The van der Waals surface area contributed by atoms with Crippen LogP contribution in [0.4, 0.5) is 13.2 Å². The van der Waals surface area contributed by atoms with Crippen LogP contribution in [0.15, 0.2) is 61.1 Å². The number of carbonyl (C=O) groups is 3. The van der Waals surface area contributed by atoms with Crippen LogP contribution in [0.3, 0.4) is 0 Å². The Labute approximate surface area is 228 Å². The minimum atomic E-state index is -5.08. The molecule has 12 heteroatoms. The maximum Gasteiger partial charge on any atom is 0.490 e. The van der Waals surface area contributed by atoms with Crippen LogP contribution in [-0.2, 0) is 33.9 Å². The van der Waals surface area contributed by atoms with E-state index in [9.17, 15) is 27.9 Å². The number of imidazole rings is 1. The molecule has 2 N–H and O–H groups in total. The smallest absolute Gasteiger partial charge is 0.480 e. The van der Waals surface area contributed by atoms with Gasteiger partial charge in [0.05, 0.1) is 30.2 Å². The number of piperidine rings is 1. The van der Waals surface area contributed by atoms with Crippen LogP contribution >= 0.6 is 0 Å². The van der Waals surface area contributed by atoms with Crippen LogP contribution < -0.4 is 0 Å². The number of aryl methyl sites for hydroxylation is 1. The van der Waals surface area contributed by atoms with E-state index < -0.39 is 23.5 Å². The minimum Gasteiger partial charge on any atom is -0.480 e. The second-order valence-corrected chi connectivity index (χ2v) is 9.56. The monoisotopic (exact) mass is 556 g/mol. The maximum atomic E-state index is 13.2. The quantitative estimate of drug-likeness (QED) is 0.419. The Hall–Kier alpha value is -4.50. The molecule has 0 radical (unpaired) electrons. The van der Waals surface area contributed by atoms with E-state index in [-0.39, 0.29) is 25.2 Å². The molecule has 0 spiro atoms. The second-order valence-electron chi connectivity index (χ2n) is 9.56. The van der Waals surface area contributed by atoms with Gasteiger partial charge in [0, 0.05) is 25.8 Å². The first kappa shape index (κ1) is 30.0. The standard InChI is InChI=1S/C26H26N4O3.C2HF3O2/c1-19-3-2-4-22(11-19)12-26(25(32)33)9-10-29(17-24(26)31)16-23-14-28-18-30(23)15-21-7-5-20(13-27)6-8-21;3-2(4,5)1(6)7/h2-8,11,14,18H,9-10,12,15-17H2,1H3,(H,32,33);(H,6,7). The Balaban J connectivity index is 0.000000559. The van der Waals surface area contributed by atoms with Crippen molar-refractivity contribution in [3.63, 3.8) is 0 Å². The molecule has 1 unspecified atom stereocenters. The number of ketones is 1. The molecular formula is C28H27F3N4O5. The van der Waals surface area contributed by atoms with Crippen LogP contribution in [0, 0.1) is 23.7 Å². The number of likely N-dealkylation sites (tertiary alicyclic amines) is 1. The van der Waals surface area contributed by atoms with Crippen molar-refractivity contribution in [3.05, 3.63) is 89.0 Å². The van der Waals surface area contributed by atoms with Crippen LogP contribution in [-0.4, -0.2) is 61.7 Å². The number of alkyl halides is 3. The number of nitrogens with zero attached hydrogens (tertiary/aromatic N) is 4. The largest absolute Gasteiger partial charge is 0.490 e. The molecule has 3 aromatic rings. The Bertz CT molecular complexity index is 1410. The van der Waals surface area contributed by atoms with Crippen molar-refractivity contribution in [3.8, 4) is 6.07 Å². The average Bonchev–Trinajstić information content (AvgIpc) is 3.32. The van der Waals surface area contributed by atoms with Gasteiger partial charge in [-0.2, -0.15) is 18.4 Å². The molecule has 0 amide bonds. The van der Waals surface area contributed by atoms with Crippen LogP contribution in [0.25, 0.3) is 0 Å². The fourth-order valence-electron chi connectivity index (χ4n) is 4.45. The summed E-state index contributed by atoms with van der Waals surface area (Å²) in [5.74, 6) is -4.05. The van der Waals surface area contributed by atoms with Gasteiger partial charge in [-0.05, 0) is 43.0 Å². The minimum absolute atomic E-state index is 0.0974. The van der Waals surface area contributed by atoms with E-state index in [1.807, 2.05) is 52.8 Å². The third-order valence-corrected chi connectivity index (χ3v) is 6.62. The van der Waals surface area contributed by atoms with E-state index in [0.717, 1.165) is 22.4 Å². The number of carbonyl (C=O) groups excluding carboxylic acids is 1. The predicted octanol–water partition coefficient (Wildman–Crippen LogP) is 3.83. The lowest BCUT2D eigenvalue weighted by Crippen LogP contribution is -2.53.